The molecule has 2 aromatic rings. The molecule has 1 saturated heterocycles. The van der Waals surface area contributed by atoms with Gasteiger partial charge in [-0.05, 0) is 74.5 Å². The number of amides is 2. The summed E-state index contributed by atoms with van der Waals surface area (Å²) in [6.07, 6.45) is 3.71. The minimum atomic E-state index is -3.53. The molecule has 2 amide bonds. The third kappa shape index (κ3) is 7.13. The highest BCUT2D eigenvalue weighted by atomic mass is 32.2. The van der Waals surface area contributed by atoms with Gasteiger partial charge in [0.2, 0.25) is 0 Å². The van der Waals surface area contributed by atoms with Gasteiger partial charge in [-0.2, -0.15) is 0 Å². The molecule has 6 rings (SSSR count). The first-order chi connectivity index (χ1) is 22.1. The van der Waals surface area contributed by atoms with Gasteiger partial charge in [-0.1, -0.05) is 13.8 Å². The predicted octanol–water partition coefficient (Wildman–Crippen LogP) is 4.74. The molecule has 3 heterocycles. The first-order valence-corrected chi connectivity index (χ1v) is 18.2. The van der Waals surface area contributed by atoms with Crippen LogP contribution in [0.5, 0.6) is 0 Å². The Balaban J connectivity index is 1.13. The zero-order chi connectivity index (χ0) is 33.7. The summed E-state index contributed by atoms with van der Waals surface area (Å²) in [4.78, 5) is 27.1. The molecule has 0 radical (unpaired) electrons. The molecule has 2 aliphatic heterocycles. The summed E-state index contributed by atoms with van der Waals surface area (Å²) in [6.45, 7) is 5.20. The Labute approximate surface area is 273 Å². The Morgan fingerprint density at radius 3 is 2.45 bits per heavy atom. The number of benzene rings is 1. The SMILES string of the molecule is CC1(C)Cc2c(c3c(n2-c2cc(F)c(C(N)=O)c(N[C@H]4CC[C@H](OC(=O)NCCN5CCC(F)(F)CC5)CC4)c2)CCC3)S(=O)(=O)C1. The van der Waals surface area contributed by atoms with Crippen LogP contribution in [0.2, 0.25) is 0 Å². The average Bonchev–Trinajstić information content (AvgIpc) is 3.53. The molecule has 4 N–H and O–H groups in total. The number of anilines is 1. The first-order valence-electron chi connectivity index (χ1n) is 16.6. The number of carbonyl (C=O) groups is 2. The number of nitrogens with one attached hydrogen (secondary N) is 2. The number of piperidine rings is 1. The minimum absolute atomic E-state index is 0.0572. The van der Waals surface area contributed by atoms with Crippen molar-refractivity contribution >= 4 is 27.5 Å². The molecule has 1 aromatic heterocycles. The molecule has 10 nitrogen and oxygen atoms in total. The second kappa shape index (κ2) is 12.6. The molecule has 0 spiro atoms. The summed E-state index contributed by atoms with van der Waals surface area (Å²) in [6, 6.07) is 2.81. The van der Waals surface area contributed by atoms with Crippen molar-refractivity contribution in [2.75, 3.05) is 37.2 Å². The Hall–Kier alpha value is -3.26. The van der Waals surface area contributed by atoms with E-state index in [1.165, 1.54) is 6.07 Å². The first kappa shape index (κ1) is 33.6. The summed E-state index contributed by atoms with van der Waals surface area (Å²) in [5.41, 5.74) is 7.95. The van der Waals surface area contributed by atoms with E-state index in [1.54, 1.807) is 6.07 Å². The van der Waals surface area contributed by atoms with Gasteiger partial charge in [0.05, 0.1) is 27.6 Å². The lowest BCUT2D eigenvalue weighted by Gasteiger charge is -2.32. The fraction of sp³-hybridized carbons (Fsp3) is 0.636. The molecule has 1 saturated carbocycles. The van der Waals surface area contributed by atoms with Gasteiger partial charge in [0, 0.05) is 56.5 Å². The van der Waals surface area contributed by atoms with Gasteiger partial charge in [-0.15, -0.1) is 0 Å². The Bertz CT molecular complexity index is 1660. The molecular formula is C33H44F3N5O5S. The number of hydrogen-bond donors (Lipinski definition) is 3. The number of alkyl carbamates (subject to hydrolysis) is 1. The van der Waals surface area contributed by atoms with Gasteiger partial charge < -0.3 is 30.6 Å². The van der Waals surface area contributed by atoms with Crippen molar-refractivity contribution in [3.8, 4) is 5.69 Å². The Kier molecular flexibility index (Phi) is 9.05. The fourth-order valence-corrected chi connectivity index (χ4v) is 10.2. The number of aromatic nitrogens is 1. The van der Waals surface area contributed by atoms with Crippen LogP contribution in [0, 0.1) is 11.2 Å². The van der Waals surface area contributed by atoms with Crippen LogP contribution in [0.3, 0.4) is 0 Å². The molecule has 2 fully saturated rings. The molecule has 0 atom stereocenters. The van der Waals surface area contributed by atoms with Crippen molar-refractivity contribution in [2.45, 2.75) is 101 Å². The number of primary amides is 1. The van der Waals surface area contributed by atoms with Gasteiger partial charge >= 0.3 is 6.09 Å². The molecule has 0 unspecified atom stereocenters. The average molecular weight is 680 g/mol. The summed E-state index contributed by atoms with van der Waals surface area (Å²) >= 11 is 0. The van der Waals surface area contributed by atoms with Crippen molar-refractivity contribution in [2.24, 2.45) is 11.1 Å². The monoisotopic (exact) mass is 679 g/mol. The van der Waals surface area contributed by atoms with Crippen LogP contribution in [0.15, 0.2) is 17.0 Å². The second-order valence-corrected chi connectivity index (χ2v) is 16.3. The molecule has 1 aromatic carbocycles. The Morgan fingerprint density at radius 1 is 1.06 bits per heavy atom. The van der Waals surface area contributed by atoms with Crippen molar-refractivity contribution < 1.29 is 35.9 Å². The number of nitrogens with two attached hydrogens (primary N) is 1. The number of alkyl halides is 2. The zero-order valence-electron chi connectivity index (χ0n) is 27.0. The highest BCUT2D eigenvalue weighted by Gasteiger charge is 2.43. The normalized spacial score (nSPS) is 24.6. The lowest BCUT2D eigenvalue weighted by Crippen LogP contribution is -2.43. The maximum Gasteiger partial charge on any atom is 0.407 e. The number of ether oxygens (including phenoxy) is 1. The summed E-state index contributed by atoms with van der Waals surface area (Å²) < 4.78 is 76.8. The highest BCUT2D eigenvalue weighted by Crippen LogP contribution is 2.45. The maximum absolute atomic E-state index is 15.7. The molecule has 47 heavy (non-hydrogen) atoms. The minimum Gasteiger partial charge on any atom is -0.446 e. The van der Waals surface area contributed by atoms with Crippen molar-refractivity contribution in [1.82, 2.24) is 14.8 Å². The van der Waals surface area contributed by atoms with Crippen LogP contribution in [-0.4, -0.2) is 79.9 Å². The molecule has 2 aliphatic carbocycles. The van der Waals surface area contributed by atoms with Crippen LogP contribution in [0.1, 0.15) is 86.1 Å². The molecule has 258 valence electrons. The summed E-state index contributed by atoms with van der Waals surface area (Å²) in [5, 5.41) is 6.02. The molecular weight excluding hydrogens is 635 g/mol. The lowest BCUT2D eigenvalue weighted by molar-refractivity contribution is -0.0548. The number of carbonyl (C=O) groups excluding carboxylic acids is 2. The zero-order valence-corrected chi connectivity index (χ0v) is 27.8. The van der Waals surface area contributed by atoms with E-state index >= 15 is 4.39 Å². The van der Waals surface area contributed by atoms with Crippen LogP contribution >= 0.6 is 0 Å². The number of nitrogens with zero attached hydrogens (tertiary/aromatic N) is 2. The highest BCUT2D eigenvalue weighted by molar-refractivity contribution is 7.91. The van der Waals surface area contributed by atoms with E-state index in [2.05, 4.69) is 10.6 Å². The van der Waals surface area contributed by atoms with E-state index in [1.807, 2.05) is 23.3 Å². The summed E-state index contributed by atoms with van der Waals surface area (Å²) in [5.74, 6) is -4.25. The maximum atomic E-state index is 15.7. The number of hydrogen-bond acceptors (Lipinski definition) is 7. The lowest BCUT2D eigenvalue weighted by atomic mass is 9.89. The van der Waals surface area contributed by atoms with Gasteiger partial charge in [0.15, 0.2) is 9.84 Å². The summed E-state index contributed by atoms with van der Waals surface area (Å²) in [7, 11) is -3.53. The van der Waals surface area contributed by atoms with E-state index in [9.17, 15) is 26.8 Å². The third-order valence-corrected chi connectivity index (χ3v) is 12.2. The standard InChI is InChI=1S/C33H44F3N5O5S/c1-32(2)18-27-29(47(44,45)19-32)23-4-3-5-26(23)41(27)21-16-24(34)28(30(37)42)25(17-21)39-20-6-8-22(9-7-20)46-31(43)38-12-15-40-13-10-33(35,36)11-14-40/h16-17,20,22,39H,3-15,18-19H2,1-2H3,(H2,37,42)(H,38,43)/t20-,22-. The van der Waals surface area contributed by atoms with Crippen LogP contribution in [-0.2, 0) is 33.8 Å². The fourth-order valence-electron chi connectivity index (χ4n) is 7.83. The van der Waals surface area contributed by atoms with Gasteiger partial charge in [0.1, 0.15) is 11.9 Å². The van der Waals surface area contributed by atoms with E-state index in [-0.39, 0.29) is 42.0 Å². The largest absolute Gasteiger partial charge is 0.446 e. The van der Waals surface area contributed by atoms with Crippen molar-refractivity contribution in [3.05, 3.63) is 40.5 Å². The Morgan fingerprint density at radius 2 is 1.77 bits per heavy atom. The topological polar surface area (TPSA) is 136 Å². The number of halogens is 3. The van der Waals surface area contributed by atoms with E-state index in [0.717, 1.165) is 17.7 Å². The van der Waals surface area contributed by atoms with E-state index in [0.29, 0.717) is 87.4 Å². The number of sulfone groups is 1. The van der Waals surface area contributed by atoms with E-state index in [4.69, 9.17) is 10.5 Å². The number of rotatable bonds is 8. The number of fused-ring (bicyclic) bond motifs is 3. The molecule has 4 aliphatic rings. The van der Waals surface area contributed by atoms with Crippen LogP contribution in [0.25, 0.3) is 5.69 Å². The molecule has 14 heteroatoms. The van der Waals surface area contributed by atoms with Crippen LogP contribution in [0.4, 0.5) is 23.7 Å². The van der Waals surface area contributed by atoms with Gasteiger partial charge in [-0.3, -0.25) is 4.79 Å². The molecule has 0 bridgehead atoms. The predicted molar refractivity (Wildman–Crippen MR) is 171 cm³/mol. The van der Waals surface area contributed by atoms with Gasteiger partial charge in [0.25, 0.3) is 11.8 Å². The quantitative estimate of drug-likeness (QED) is 0.367. The van der Waals surface area contributed by atoms with Crippen molar-refractivity contribution in [1.29, 1.82) is 0 Å². The smallest absolute Gasteiger partial charge is 0.407 e. The van der Waals surface area contributed by atoms with Crippen LogP contribution < -0.4 is 16.4 Å². The van der Waals surface area contributed by atoms with Gasteiger partial charge in [-0.25, -0.2) is 26.4 Å². The number of likely N-dealkylation sites (tertiary alicyclic amines) is 1. The van der Waals surface area contributed by atoms with E-state index < -0.39 is 39.0 Å². The van der Waals surface area contributed by atoms with Crippen molar-refractivity contribution in [3.63, 3.8) is 0 Å². The third-order valence-electron chi connectivity index (χ3n) is 9.97. The second-order valence-electron chi connectivity index (χ2n) is 14.4.